The number of ether oxygens (including phenoxy) is 1. The number of nitrogens with two attached hydrogens (primary N) is 1. The van der Waals surface area contributed by atoms with Gasteiger partial charge in [-0.25, -0.2) is 4.79 Å². The van der Waals surface area contributed by atoms with E-state index in [1.54, 1.807) is 26.8 Å². The van der Waals surface area contributed by atoms with Crippen LogP contribution in [0.3, 0.4) is 0 Å². The van der Waals surface area contributed by atoms with Crippen molar-refractivity contribution in [1.29, 1.82) is 0 Å². The molecular formula is C14H23N3O4. The molecule has 0 aliphatic carbocycles. The van der Waals surface area contributed by atoms with Crippen molar-refractivity contribution < 1.29 is 14.6 Å². The molecule has 1 unspecified atom stereocenters. The van der Waals surface area contributed by atoms with Crippen LogP contribution in [0.2, 0.25) is 0 Å². The Morgan fingerprint density at radius 1 is 1.43 bits per heavy atom. The zero-order valence-corrected chi connectivity index (χ0v) is 12.8. The first-order valence-electron chi connectivity index (χ1n) is 6.64. The Labute approximate surface area is 123 Å². The average Bonchev–Trinajstić information content (AvgIpc) is 2.30. The molecule has 0 aromatic carbocycles. The van der Waals surface area contributed by atoms with Gasteiger partial charge in [-0.15, -0.1) is 0 Å². The first-order chi connectivity index (χ1) is 9.50. The van der Waals surface area contributed by atoms with Gasteiger partial charge in [-0.1, -0.05) is 0 Å². The quantitative estimate of drug-likeness (QED) is 0.758. The van der Waals surface area contributed by atoms with E-state index in [2.05, 4.69) is 5.32 Å². The van der Waals surface area contributed by atoms with Crippen molar-refractivity contribution in [2.24, 2.45) is 0 Å². The number of carbonyl (C=O) groups excluding carboxylic acids is 1. The zero-order chi connectivity index (χ0) is 16.3. The number of carbonyl (C=O) groups is 1. The van der Waals surface area contributed by atoms with Crippen molar-refractivity contribution in [3.05, 3.63) is 28.7 Å². The summed E-state index contributed by atoms with van der Waals surface area (Å²) in [7, 11) is 0. The molecule has 21 heavy (non-hydrogen) atoms. The van der Waals surface area contributed by atoms with Crippen LogP contribution in [0, 0.1) is 0 Å². The molecular weight excluding hydrogens is 274 g/mol. The van der Waals surface area contributed by atoms with Crippen molar-refractivity contribution in [2.75, 3.05) is 12.3 Å². The second-order valence-electron chi connectivity index (χ2n) is 6.25. The highest BCUT2D eigenvalue weighted by Crippen LogP contribution is 2.09. The molecule has 0 saturated carbocycles. The van der Waals surface area contributed by atoms with Crippen molar-refractivity contribution >= 4 is 11.8 Å². The van der Waals surface area contributed by atoms with Gasteiger partial charge in [0.15, 0.2) is 0 Å². The van der Waals surface area contributed by atoms with Gasteiger partial charge in [0.1, 0.15) is 5.60 Å². The molecule has 7 heteroatoms. The second-order valence-corrected chi connectivity index (χ2v) is 6.25. The lowest BCUT2D eigenvalue weighted by Crippen LogP contribution is -2.46. The predicted octanol–water partition coefficient (Wildman–Crippen LogP) is 0.706. The number of hydrogen-bond donors (Lipinski definition) is 3. The zero-order valence-electron chi connectivity index (χ0n) is 12.8. The maximum Gasteiger partial charge on any atom is 0.407 e. The Bertz CT molecular complexity index is 558. The average molecular weight is 297 g/mol. The Hall–Kier alpha value is -2.02. The summed E-state index contributed by atoms with van der Waals surface area (Å²) in [6, 6.07) is 3.11. The monoisotopic (exact) mass is 297 g/mol. The smallest absolute Gasteiger partial charge is 0.407 e. The molecule has 1 atom stereocenters. The third kappa shape index (κ3) is 5.86. The largest absolute Gasteiger partial charge is 0.444 e. The van der Waals surface area contributed by atoms with Gasteiger partial charge < -0.3 is 25.5 Å². The second kappa shape index (κ2) is 6.17. The number of alkyl carbamates (subject to hydrolysis) is 1. The number of anilines is 1. The normalized spacial score (nSPS) is 14.3. The molecule has 0 spiro atoms. The number of aromatic nitrogens is 1. The fourth-order valence-corrected chi connectivity index (χ4v) is 1.68. The highest BCUT2D eigenvalue weighted by Gasteiger charge is 2.24. The van der Waals surface area contributed by atoms with E-state index >= 15 is 0 Å². The molecule has 0 saturated heterocycles. The Kier molecular flexibility index (Phi) is 5.01. The van der Waals surface area contributed by atoms with Crippen LogP contribution in [0.5, 0.6) is 0 Å². The van der Waals surface area contributed by atoms with Gasteiger partial charge in [-0.2, -0.15) is 0 Å². The number of pyridine rings is 1. The van der Waals surface area contributed by atoms with Crippen LogP contribution in [0.1, 0.15) is 27.7 Å². The van der Waals surface area contributed by atoms with E-state index in [1.807, 2.05) is 0 Å². The van der Waals surface area contributed by atoms with E-state index in [0.29, 0.717) is 0 Å². The highest BCUT2D eigenvalue weighted by molar-refractivity contribution is 5.67. The number of amides is 1. The molecule has 0 aliphatic heterocycles. The van der Waals surface area contributed by atoms with Crippen LogP contribution in [0.15, 0.2) is 23.1 Å². The maximum atomic E-state index is 11.8. The highest BCUT2D eigenvalue weighted by atomic mass is 16.6. The fraction of sp³-hybridized carbons (Fsp3) is 0.571. The molecule has 1 rings (SSSR count). The van der Waals surface area contributed by atoms with Gasteiger partial charge >= 0.3 is 6.09 Å². The molecule has 0 fully saturated rings. The lowest BCUT2D eigenvalue weighted by atomic mass is 10.1. The number of aliphatic hydroxyl groups is 1. The summed E-state index contributed by atoms with van der Waals surface area (Å²) in [4.78, 5) is 23.3. The summed E-state index contributed by atoms with van der Waals surface area (Å²) in [6.07, 6.45) is 0.906. The third-order valence-corrected chi connectivity index (χ3v) is 2.57. The van der Waals surface area contributed by atoms with Crippen LogP contribution in [-0.2, 0) is 11.3 Å². The Balaban J connectivity index is 2.64. The molecule has 7 nitrogen and oxygen atoms in total. The van der Waals surface area contributed by atoms with Crippen molar-refractivity contribution in [3.63, 3.8) is 0 Å². The number of nitrogens with one attached hydrogen (secondary N) is 1. The van der Waals surface area contributed by atoms with E-state index in [0.717, 1.165) is 0 Å². The number of rotatable bonds is 4. The number of nitrogen functional groups attached to an aromatic ring is 1. The van der Waals surface area contributed by atoms with Crippen LogP contribution in [0.4, 0.5) is 10.5 Å². The van der Waals surface area contributed by atoms with E-state index in [-0.39, 0.29) is 24.3 Å². The minimum atomic E-state index is -1.31. The predicted molar refractivity (Wildman–Crippen MR) is 80.0 cm³/mol. The molecule has 118 valence electrons. The first-order valence-corrected chi connectivity index (χ1v) is 6.64. The van der Waals surface area contributed by atoms with E-state index < -0.39 is 17.3 Å². The minimum Gasteiger partial charge on any atom is -0.444 e. The van der Waals surface area contributed by atoms with Crippen LogP contribution < -0.4 is 16.6 Å². The van der Waals surface area contributed by atoms with Gasteiger partial charge in [0.2, 0.25) is 0 Å². The van der Waals surface area contributed by atoms with E-state index in [4.69, 9.17) is 10.5 Å². The van der Waals surface area contributed by atoms with Crippen LogP contribution in [0.25, 0.3) is 0 Å². The lowest BCUT2D eigenvalue weighted by molar-refractivity contribution is 0.0243. The number of nitrogens with zero attached hydrogens (tertiary/aromatic N) is 1. The summed E-state index contributed by atoms with van der Waals surface area (Å²) in [5.41, 5.74) is 3.33. The fourth-order valence-electron chi connectivity index (χ4n) is 1.68. The molecule has 1 aromatic rings. The third-order valence-electron chi connectivity index (χ3n) is 2.57. The topological polar surface area (TPSA) is 107 Å². The van der Waals surface area contributed by atoms with Gasteiger partial charge in [0.05, 0.1) is 24.4 Å². The van der Waals surface area contributed by atoms with Gasteiger partial charge in [-0.3, -0.25) is 4.79 Å². The van der Waals surface area contributed by atoms with Crippen LogP contribution >= 0.6 is 0 Å². The maximum absolute atomic E-state index is 11.8. The lowest BCUT2D eigenvalue weighted by Gasteiger charge is -2.26. The SMILES string of the molecule is CC(O)(CNC(=O)OC(C)(C)C)Cn1cccc(N)c1=O. The van der Waals surface area contributed by atoms with E-state index in [1.165, 1.54) is 23.8 Å². The van der Waals surface area contributed by atoms with Gasteiger partial charge in [-0.05, 0) is 39.8 Å². The summed E-state index contributed by atoms with van der Waals surface area (Å²) in [5.74, 6) is 0. The van der Waals surface area contributed by atoms with Crippen molar-refractivity contribution in [1.82, 2.24) is 9.88 Å². The molecule has 0 bridgehead atoms. The number of hydrogen-bond acceptors (Lipinski definition) is 5. The summed E-state index contributed by atoms with van der Waals surface area (Å²) in [5, 5.41) is 12.7. The molecule has 4 N–H and O–H groups in total. The Morgan fingerprint density at radius 3 is 2.62 bits per heavy atom. The summed E-state index contributed by atoms with van der Waals surface area (Å²) >= 11 is 0. The van der Waals surface area contributed by atoms with E-state index in [9.17, 15) is 14.7 Å². The standard InChI is InChI=1S/C14H23N3O4/c1-13(2,3)21-12(19)16-8-14(4,20)9-17-7-5-6-10(15)11(17)18/h5-7,20H,8-9,15H2,1-4H3,(H,16,19). The van der Waals surface area contributed by atoms with Gasteiger partial charge in [0, 0.05) is 6.20 Å². The molecule has 0 radical (unpaired) electrons. The summed E-state index contributed by atoms with van der Waals surface area (Å²) < 4.78 is 6.37. The molecule has 1 heterocycles. The van der Waals surface area contributed by atoms with Crippen molar-refractivity contribution in [2.45, 2.75) is 45.4 Å². The first kappa shape index (κ1) is 17.0. The van der Waals surface area contributed by atoms with Crippen molar-refractivity contribution in [3.8, 4) is 0 Å². The van der Waals surface area contributed by atoms with Gasteiger partial charge in [0.25, 0.3) is 5.56 Å². The summed E-state index contributed by atoms with van der Waals surface area (Å²) in [6.45, 7) is 6.71. The Morgan fingerprint density at radius 2 is 2.05 bits per heavy atom. The molecule has 1 amide bonds. The molecule has 0 aliphatic rings. The minimum absolute atomic E-state index is 0.00662. The molecule has 1 aromatic heterocycles. The van der Waals surface area contributed by atoms with Crippen LogP contribution in [-0.4, -0.2) is 33.5 Å².